The number of likely N-dealkylation sites (tertiary alicyclic amines) is 1. The lowest BCUT2D eigenvalue weighted by atomic mass is 9.91. The number of carbonyl (C=O) groups excluding carboxylic acids is 1. The Morgan fingerprint density at radius 3 is 3.04 bits per heavy atom. The highest BCUT2D eigenvalue weighted by Crippen LogP contribution is 2.30. The third-order valence-corrected chi connectivity index (χ3v) is 4.90. The number of piperidine rings is 1. The molecule has 2 N–H and O–H groups in total. The molecule has 3 unspecified atom stereocenters. The Morgan fingerprint density at radius 2 is 2.30 bits per heavy atom. The van der Waals surface area contributed by atoms with Crippen molar-refractivity contribution in [1.29, 1.82) is 0 Å². The first-order valence-electron chi connectivity index (χ1n) is 8.11. The number of anilines is 1. The minimum atomic E-state index is -0.938. The van der Waals surface area contributed by atoms with Crippen LogP contribution in [0.25, 0.3) is 11.0 Å². The van der Waals surface area contributed by atoms with Gasteiger partial charge in [-0.3, -0.25) is 4.79 Å². The van der Waals surface area contributed by atoms with Crippen LogP contribution in [0.2, 0.25) is 0 Å². The molecule has 1 aliphatic rings. The van der Waals surface area contributed by atoms with Crippen molar-refractivity contribution in [2.24, 2.45) is 5.92 Å². The molecule has 0 aromatic carbocycles. The van der Waals surface area contributed by atoms with Gasteiger partial charge in [-0.15, -0.1) is 0 Å². The summed E-state index contributed by atoms with van der Waals surface area (Å²) in [6.45, 7) is 5.10. The fourth-order valence-electron chi connectivity index (χ4n) is 3.45. The average molecular weight is 316 g/mol. The van der Waals surface area contributed by atoms with Gasteiger partial charge in [-0.05, 0) is 31.4 Å². The molecule has 0 bridgehead atoms. The minimum absolute atomic E-state index is 0.184. The zero-order valence-electron chi connectivity index (χ0n) is 13.9. The van der Waals surface area contributed by atoms with Crippen LogP contribution >= 0.6 is 0 Å². The molecule has 0 saturated carbocycles. The van der Waals surface area contributed by atoms with Crippen LogP contribution in [-0.4, -0.2) is 58.2 Å². The molecular formula is C17H24N4O2. The minimum Gasteiger partial charge on any atom is -0.384 e. The number of H-pyrrole nitrogens is 1. The van der Waals surface area contributed by atoms with Gasteiger partial charge in [-0.25, -0.2) is 4.98 Å². The van der Waals surface area contributed by atoms with Gasteiger partial charge >= 0.3 is 0 Å². The molecule has 3 heterocycles. The van der Waals surface area contributed by atoms with Gasteiger partial charge < -0.3 is 19.9 Å². The number of aliphatic hydroxyl groups excluding tert-OH is 1. The van der Waals surface area contributed by atoms with E-state index in [4.69, 9.17) is 0 Å². The SMILES string of the molecule is CC(O)C(=O)N1CCC(C)C(N(C)c2ccnc3[nH]ccc23)C1. The summed E-state index contributed by atoms with van der Waals surface area (Å²) in [5, 5.41) is 10.7. The number of aliphatic hydroxyl groups is 1. The Morgan fingerprint density at radius 1 is 1.52 bits per heavy atom. The van der Waals surface area contributed by atoms with Gasteiger partial charge in [-0.1, -0.05) is 6.92 Å². The molecule has 2 aromatic rings. The zero-order valence-corrected chi connectivity index (χ0v) is 13.9. The van der Waals surface area contributed by atoms with Crippen molar-refractivity contribution in [3.63, 3.8) is 0 Å². The van der Waals surface area contributed by atoms with Crippen molar-refractivity contribution < 1.29 is 9.90 Å². The van der Waals surface area contributed by atoms with Crippen LogP contribution < -0.4 is 4.90 Å². The van der Waals surface area contributed by atoms with Gasteiger partial charge in [-0.2, -0.15) is 0 Å². The molecular weight excluding hydrogens is 292 g/mol. The van der Waals surface area contributed by atoms with Crippen molar-refractivity contribution in [2.75, 3.05) is 25.0 Å². The summed E-state index contributed by atoms with van der Waals surface area (Å²) in [5.41, 5.74) is 1.98. The maximum atomic E-state index is 12.1. The third-order valence-electron chi connectivity index (χ3n) is 4.90. The maximum Gasteiger partial charge on any atom is 0.251 e. The normalized spacial score (nSPS) is 23.0. The summed E-state index contributed by atoms with van der Waals surface area (Å²) in [6, 6.07) is 4.26. The quantitative estimate of drug-likeness (QED) is 0.902. The van der Waals surface area contributed by atoms with E-state index in [0.717, 1.165) is 23.1 Å². The summed E-state index contributed by atoms with van der Waals surface area (Å²) in [4.78, 5) is 23.6. The lowest BCUT2D eigenvalue weighted by Gasteiger charge is -2.43. The van der Waals surface area contributed by atoms with Crippen molar-refractivity contribution in [1.82, 2.24) is 14.9 Å². The highest BCUT2D eigenvalue weighted by Gasteiger charge is 2.33. The topological polar surface area (TPSA) is 72.5 Å². The molecule has 3 atom stereocenters. The molecule has 0 aliphatic carbocycles. The van der Waals surface area contributed by atoms with Gasteiger partial charge in [0.15, 0.2) is 0 Å². The molecule has 1 aliphatic heterocycles. The fourth-order valence-corrected chi connectivity index (χ4v) is 3.45. The van der Waals surface area contributed by atoms with Crippen molar-refractivity contribution in [2.45, 2.75) is 32.4 Å². The Kier molecular flexibility index (Phi) is 4.26. The molecule has 6 nitrogen and oxygen atoms in total. The standard InChI is InChI=1S/C17H24N4O2/c1-11-6-9-21(17(23)12(2)22)10-15(11)20(3)14-5-8-19-16-13(14)4-7-18-16/h4-5,7-8,11-12,15,22H,6,9-10H2,1-3H3,(H,18,19). The van der Waals surface area contributed by atoms with Crippen LogP contribution in [0.15, 0.2) is 24.5 Å². The Bertz CT molecular complexity index is 697. The number of amides is 1. The van der Waals surface area contributed by atoms with Crippen LogP contribution in [0, 0.1) is 5.92 Å². The lowest BCUT2D eigenvalue weighted by molar-refractivity contribution is -0.140. The maximum absolute atomic E-state index is 12.1. The van der Waals surface area contributed by atoms with E-state index in [1.807, 2.05) is 18.3 Å². The van der Waals surface area contributed by atoms with E-state index >= 15 is 0 Å². The van der Waals surface area contributed by atoms with E-state index in [1.54, 1.807) is 11.1 Å². The molecule has 3 rings (SSSR count). The number of fused-ring (bicyclic) bond motifs is 1. The lowest BCUT2D eigenvalue weighted by Crippen LogP contribution is -2.54. The molecule has 0 spiro atoms. The van der Waals surface area contributed by atoms with Gasteiger partial charge in [0.2, 0.25) is 0 Å². The summed E-state index contributed by atoms with van der Waals surface area (Å²) < 4.78 is 0. The highest BCUT2D eigenvalue weighted by atomic mass is 16.3. The number of carbonyl (C=O) groups is 1. The van der Waals surface area contributed by atoms with Crippen molar-refractivity contribution in [3.8, 4) is 0 Å². The van der Waals surface area contributed by atoms with Crippen LogP contribution in [0.5, 0.6) is 0 Å². The number of aromatic nitrogens is 2. The number of nitrogens with one attached hydrogen (secondary N) is 1. The molecule has 1 amide bonds. The first-order valence-corrected chi connectivity index (χ1v) is 8.11. The van der Waals surface area contributed by atoms with Gasteiger partial charge in [0.05, 0.1) is 0 Å². The number of nitrogens with zero attached hydrogens (tertiary/aromatic N) is 3. The Hall–Kier alpha value is -2.08. The van der Waals surface area contributed by atoms with E-state index < -0.39 is 6.10 Å². The first-order chi connectivity index (χ1) is 11.0. The molecule has 23 heavy (non-hydrogen) atoms. The molecule has 6 heteroatoms. The molecule has 0 radical (unpaired) electrons. The van der Waals surface area contributed by atoms with Crippen LogP contribution in [0.3, 0.4) is 0 Å². The van der Waals surface area contributed by atoms with E-state index in [0.29, 0.717) is 19.0 Å². The van der Waals surface area contributed by atoms with Gasteiger partial charge in [0.25, 0.3) is 5.91 Å². The summed E-state index contributed by atoms with van der Waals surface area (Å²) in [7, 11) is 2.07. The van der Waals surface area contributed by atoms with E-state index in [-0.39, 0.29) is 11.9 Å². The van der Waals surface area contributed by atoms with Crippen LogP contribution in [0.4, 0.5) is 5.69 Å². The van der Waals surface area contributed by atoms with Gasteiger partial charge in [0, 0.05) is 49.6 Å². The summed E-state index contributed by atoms with van der Waals surface area (Å²) in [6.07, 6.45) is 3.69. The van der Waals surface area contributed by atoms with Crippen LogP contribution in [-0.2, 0) is 4.79 Å². The Balaban J connectivity index is 1.86. The second-order valence-corrected chi connectivity index (χ2v) is 6.47. The predicted molar refractivity (Wildman–Crippen MR) is 90.3 cm³/mol. The highest BCUT2D eigenvalue weighted by molar-refractivity contribution is 5.89. The number of hydrogen-bond donors (Lipinski definition) is 2. The van der Waals surface area contributed by atoms with Crippen LogP contribution in [0.1, 0.15) is 20.3 Å². The predicted octanol–water partition coefficient (Wildman–Crippen LogP) is 1.62. The monoisotopic (exact) mass is 316 g/mol. The van der Waals surface area contributed by atoms with E-state index in [9.17, 15) is 9.90 Å². The Labute approximate surface area is 136 Å². The first kappa shape index (κ1) is 15.8. The molecule has 1 fully saturated rings. The van der Waals surface area contributed by atoms with Crippen molar-refractivity contribution >= 4 is 22.6 Å². The molecule has 124 valence electrons. The smallest absolute Gasteiger partial charge is 0.251 e. The average Bonchev–Trinajstić information content (AvgIpc) is 3.02. The number of rotatable bonds is 3. The van der Waals surface area contributed by atoms with Gasteiger partial charge in [0.1, 0.15) is 11.8 Å². The summed E-state index contributed by atoms with van der Waals surface area (Å²) >= 11 is 0. The summed E-state index contributed by atoms with van der Waals surface area (Å²) in [5.74, 6) is 0.289. The number of hydrogen-bond acceptors (Lipinski definition) is 4. The zero-order chi connectivity index (χ0) is 16.6. The second-order valence-electron chi connectivity index (χ2n) is 6.47. The molecule has 2 aromatic heterocycles. The number of aromatic amines is 1. The fraction of sp³-hybridized carbons (Fsp3) is 0.529. The third kappa shape index (κ3) is 2.91. The number of likely N-dealkylation sites (N-methyl/N-ethyl adjacent to an activating group) is 1. The molecule has 1 saturated heterocycles. The van der Waals surface area contributed by atoms with E-state index in [1.165, 1.54) is 6.92 Å². The largest absolute Gasteiger partial charge is 0.384 e. The van der Waals surface area contributed by atoms with Crippen molar-refractivity contribution in [3.05, 3.63) is 24.5 Å². The second kappa shape index (κ2) is 6.20. The number of pyridine rings is 1. The van der Waals surface area contributed by atoms with E-state index in [2.05, 4.69) is 28.8 Å².